The molecule has 6 heteroatoms. The molecule has 2 fully saturated rings. The zero-order valence-electron chi connectivity index (χ0n) is 16.0. The quantitative estimate of drug-likeness (QED) is 0.564. The van der Waals surface area contributed by atoms with E-state index in [1.807, 2.05) is 11.8 Å². The minimum absolute atomic E-state index is 0.00843. The molecule has 2 aliphatic rings. The van der Waals surface area contributed by atoms with E-state index in [-0.39, 0.29) is 17.9 Å². The smallest absolute Gasteiger partial charge is 0.317 e. The summed E-state index contributed by atoms with van der Waals surface area (Å²) in [4.78, 5) is 28.3. The summed E-state index contributed by atoms with van der Waals surface area (Å²) in [6.07, 6.45) is 6.22. The lowest BCUT2D eigenvalue weighted by atomic mass is 9.97. The molecule has 2 heterocycles. The van der Waals surface area contributed by atoms with Gasteiger partial charge in [-0.1, -0.05) is 6.92 Å². The number of likely N-dealkylation sites (tertiary alicyclic amines) is 2. The van der Waals surface area contributed by atoms with Gasteiger partial charge in [0.1, 0.15) is 0 Å². The van der Waals surface area contributed by atoms with E-state index in [0.29, 0.717) is 32.5 Å². The van der Waals surface area contributed by atoms with Crippen LogP contribution < -0.4 is 5.32 Å². The Morgan fingerprint density at radius 2 is 1.72 bits per heavy atom. The third-order valence-corrected chi connectivity index (χ3v) is 5.46. The first-order valence-corrected chi connectivity index (χ1v) is 10.0. The molecule has 1 N–H and O–H groups in total. The molecular weight excluding hydrogens is 318 g/mol. The lowest BCUT2D eigenvalue weighted by Gasteiger charge is -2.31. The molecule has 0 spiro atoms. The molecule has 0 bridgehead atoms. The van der Waals surface area contributed by atoms with Crippen molar-refractivity contribution >= 4 is 12.0 Å². The molecule has 144 valence electrons. The molecule has 25 heavy (non-hydrogen) atoms. The average Bonchev–Trinajstić information content (AvgIpc) is 2.63. The summed E-state index contributed by atoms with van der Waals surface area (Å²) < 4.78 is 5.06. The zero-order valence-corrected chi connectivity index (χ0v) is 16.0. The molecule has 0 atom stereocenters. The molecule has 0 aromatic heterocycles. The number of hydrogen-bond donors (Lipinski definition) is 1. The van der Waals surface area contributed by atoms with Gasteiger partial charge < -0.3 is 19.9 Å². The second-order valence-electron chi connectivity index (χ2n) is 7.48. The molecule has 2 amide bonds. The first kappa shape index (κ1) is 20.0. The van der Waals surface area contributed by atoms with Crippen LogP contribution in [0.5, 0.6) is 0 Å². The van der Waals surface area contributed by atoms with Gasteiger partial charge in [-0.05, 0) is 71.0 Å². The maximum absolute atomic E-state index is 12.2. The number of carbonyl (C=O) groups is 2. The van der Waals surface area contributed by atoms with Gasteiger partial charge in [0, 0.05) is 19.6 Å². The normalized spacial score (nSPS) is 20.5. The van der Waals surface area contributed by atoms with Crippen molar-refractivity contribution in [2.75, 3.05) is 45.9 Å². The van der Waals surface area contributed by atoms with Crippen LogP contribution in [0.3, 0.4) is 0 Å². The van der Waals surface area contributed by atoms with Crippen molar-refractivity contribution in [1.29, 1.82) is 0 Å². The van der Waals surface area contributed by atoms with Crippen LogP contribution in [-0.4, -0.2) is 67.7 Å². The monoisotopic (exact) mass is 353 g/mol. The Morgan fingerprint density at radius 1 is 1.04 bits per heavy atom. The van der Waals surface area contributed by atoms with E-state index in [0.717, 1.165) is 31.8 Å². The van der Waals surface area contributed by atoms with Gasteiger partial charge in [0.25, 0.3) is 0 Å². The van der Waals surface area contributed by atoms with Gasteiger partial charge in [0.15, 0.2) is 0 Å². The third kappa shape index (κ3) is 6.84. The van der Waals surface area contributed by atoms with Crippen molar-refractivity contribution < 1.29 is 14.3 Å². The number of carbonyl (C=O) groups excluding carboxylic acids is 2. The van der Waals surface area contributed by atoms with Gasteiger partial charge in [-0.3, -0.25) is 4.79 Å². The van der Waals surface area contributed by atoms with E-state index < -0.39 is 0 Å². The number of piperidine rings is 2. The molecule has 0 radical (unpaired) electrons. The number of ether oxygens (including phenoxy) is 1. The second-order valence-corrected chi connectivity index (χ2v) is 7.48. The molecule has 0 saturated carbocycles. The number of nitrogens with one attached hydrogen (secondary N) is 1. The van der Waals surface area contributed by atoms with E-state index in [4.69, 9.17) is 4.74 Å². The van der Waals surface area contributed by atoms with Crippen molar-refractivity contribution in [2.45, 2.75) is 52.4 Å². The largest absolute Gasteiger partial charge is 0.466 e. The third-order valence-electron chi connectivity index (χ3n) is 5.46. The van der Waals surface area contributed by atoms with Crippen LogP contribution in [0.25, 0.3) is 0 Å². The van der Waals surface area contributed by atoms with Crippen LogP contribution in [0.15, 0.2) is 0 Å². The summed E-state index contributed by atoms with van der Waals surface area (Å²) >= 11 is 0. The summed E-state index contributed by atoms with van der Waals surface area (Å²) in [7, 11) is 0. The van der Waals surface area contributed by atoms with Crippen LogP contribution in [0.2, 0.25) is 0 Å². The fourth-order valence-electron chi connectivity index (χ4n) is 3.63. The Morgan fingerprint density at radius 3 is 2.36 bits per heavy atom. The van der Waals surface area contributed by atoms with Crippen molar-refractivity contribution in [1.82, 2.24) is 15.1 Å². The van der Waals surface area contributed by atoms with Gasteiger partial charge in [0.2, 0.25) is 0 Å². The summed E-state index contributed by atoms with van der Waals surface area (Å²) in [6.45, 7) is 10.2. The number of amides is 2. The molecule has 0 aromatic carbocycles. The summed E-state index contributed by atoms with van der Waals surface area (Å²) in [5, 5.41) is 3.02. The molecule has 0 aliphatic carbocycles. The summed E-state index contributed by atoms with van der Waals surface area (Å²) in [5.41, 5.74) is 0. The zero-order chi connectivity index (χ0) is 18.1. The van der Waals surface area contributed by atoms with E-state index >= 15 is 0 Å². The summed E-state index contributed by atoms with van der Waals surface area (Å²) in [5.74, 6) is 0.717. The Bertz CT molecular complexity index is 414. The number of hydrogen-bond acceptors (Lipinski definition) is 4. The maximum Gasteiger partial charge on any atom is 0.317 e. The van der Waals surface area contributed by atoms with Crippen LogP contribution >= 0.6 is 0 Å². The van der Waals surface area contributed by atoms with Crippen LogP contribution in [0.1, 0.15) is 52.4 Å². The highest BCUT2D eigenvalue weighted by molar-refractivity contribution is 5.76. The van der Waals surface area contributed by atoms with Gasteiger partial charge in [-0.2, -0.15) is 0 Å². The predicted octanol–water partition coefficient (Wildman–Crippen LogP) is 2.48. The highest BCUT2D eigenvalue weighted by atomic mass is 16.5. The maximum atomic E-state index is 12.2. The number of urea groups is 1. The van der Waals surface area contributed by atoms with Gasteiger partial charge in [-0.15, -0.1) is 0 Å². The number of nitrogens with zero attached hydrogens (tertiary/aromatic N) is 2. The van der Waals surface area contributed by atoms with Gasteiger partial charge >= 0.3 is 12.0 Å². The molecular formula is C19H35N3O3. The second kappa shape index (κ2) is 10.6. The number of unbranched alkanes of at least 4 members (excludes halogenated alkanes) is 1. The van der Waals surface area contributed by atoms with E-state index in [1.165, 1.54) is 25.9 Å². The number of esters is 1. The van der Waals surface area contributed by atoms with Crippen molar-refractivity contribution in [3.63, 3.8) is 0 Å². The van der Waals surface area contributed by atoms with Gasteiger partial charge in [0.05, 0.1) is 12.5 Å². The molecule has 0 unspecified atom stereocenters. The fraction of sp³-hybridized carbons (Fsp3) is 0.895. The summed E-state index contributed by atoms with van der Waals surface area (Å²) in [6, 6.07) is 0.00843. The van der Waals surface area contributed by atoms with Crippen molar-refractivity contribution in [3.05, 3.63) is 0 Å². The van der Waals surface area contributed by atoms with Gasteiger partial charge in [-0.25, -0.2) is 4.79 Å². The standard InChI is InChI=1S/C19H35N3O3/c1-3-25-18(23)17-8-14-22(15-9-17)19(24)20-10-4-5-11-21-12-6-16(2)7-13-21/h16-17H,3-15H2,1-2H3,(H,20,24). The Balaban J connectivity index is 1.52. The minimum atomic E-state index is -0.116. The average molecular weight is 354 g/mol. The van der Waals surface area contributed by atoms with Crippen LogP contribution in [0.4, 0.5) is 4.79 Å². The van der Waals surface area contributed by atoms with Crippen molar-refractivity contribution in [2.24, 2.45) is 11.8 Å². The van der Waals surface area contributed by atoms with E-state index in [2.05, 4.69) is 17.1 Å². The molecule has 6 nitrogen and oxygen atoms in total. The Labute approximate surface area is 152 Å². The molecule has 2 aliphatic heterocycles. The lowest BCUT2D eigenvalue weighted by molar-refractivity contribution is -0.149. The fourth-order valence-corrected chi connectivity index (χ4v) is 3.63. The lowest BCUT2D eigenvalue weighted by Crippen LogP contribution is -2.46. The first-order valence-electron chi connectivity index (χ1n) is 10.0. The van der Waals surface area contributed by atoms with E-state index in [9.17, 15) is 9.59 Å². The number of rotatable bonds is 7. The SMILES string of the molecule is CCOC(=O)C1CCN(C(=O)NCCCCN2CCC(C)CC2)CC1. The first-order chi connectivity index (χ1) is 12.1. The molecule has 2 saturated heterocycles. The highest BCUT2D eigenvalue weighted by Gasteiger charge is 2.27. The molecule has 2 rings (SSSR count). The molecule has 0 aromatic rings. The predicted molar refractivity (Wildman–Crippen MR) is 98.4 cm³/mol. The highest BCUT2D eigenvalue weighted by Crippen LogP contribution is 2.19. The Hall–Kier alpha value is -1.30. The van der Waals surface area contributed by atoms with E-state index in [1.54, 1.807) is 0 Å². The van der Waals surface area contributed by atoms with Crippen LogP contribution in [-0.2, 0) is 9.53 Å². The topological polar surface area (TPSA) is 61.9 Å². The minimum Gasteiger partial charge on any atom is -0.466 e. The van der Waals surface area contributed by atoms with Crippen molar-refractivity contribution in [3.8, 4) is 0 Å². The Kier molecular flexibility index (Phi) is 8.52. The van der Waals surface area contributed by atoms with Crippen LogP contribution in [0, 0.1) is 11.8 Å².